The van der Waals surface area contributed by atoms with E-state index in [1.165, 1.54) is 4.90 Å². The van der Waals surface area contributed by atoms with E-state index in [4.69, 9.17) is 21.1 Å². The molecule has 0 radical (unpaired) electrons. The average Bonchev–Trinajstić information content (AvgIpc) is 2.43. The topological polar surface area (TPSA) is 59.0 Å². The van der Waals surface area contributed by atoms with Crippen molar-refractivity contribution >= 4 is 35.8 Å². The molecule has 0 bridgehead atoms. The number of thiol groups is 1. The zero-order valence-electron chi connectivity index (χ0n) is 14.7. The maximum absolute atomic E-state index is 12.2. The molecule has 1 N–H and O–H groups in total. The van der Waals surface area contributed by atoms with Crippen LogP contribution in [0, 0.1) is 0 Å². The fourth-order valence-corrected chi connectivity index (χ4v) is 3.21. The summed E-state index contributed by atoms with van der Waals surface area (Å²) >= 11 is 8.86. The highest BCUT2D eigenvalue weighted by Crippen LogP contribution is 2.51. The van der Waals surface area contributed by atoms with Crippen molar-refractivity contribution in [2.24, 2.45) is 0 Å². The third kappa shape index (κ3) is 7.99. The molecule has 24 heavy (non-hydrogen) atoms. The number of carbonyl (C=O) groups is 1. The predicted molar refractivity (Wildman–Crippen MR) is 104 cm³/mol. The molecule has 5 nitrogen and oxygen atoms in total. The van der Waals surface area contributed by atoms with Crippen LogP contribution in [0.2, 0.25) is 0 Å². The van der Waals surface area contributed by atoms with E-state index in [-0.39, 0.29) is 6.54 Å². The number of hydrogen-bond donors (Lipinski definition) is 2. The van der Waals surface area contributed by atoms with Crippen LogP contribution in [0.5, 0.6) is 0 Å². The van der Waals surface area contributed by atoms with Crippen LogP contribution < -0.4 is 0 Å². The van der Waals surface area contributed by atoms with E-state index in [1.807, 2.05) is 24.3 Å². The Morgan fingerprint density at radius 2 is 2.08 bits per heavy atom. The van der Waals surface area contributed by atoms with Gasteiger partial charge in [0.1, 0.15) is 11.7 Å². The molecule has 8 heteroatoms. The second-order valence-corrected chi connectivity index (χ2v) is 11.7. The van der Waals surface area contributed by atoms with Gasteiger partial charge in [-0.15, -0.1) is 0 Å². The number of nitrogens with zero attached hydrogens (tertiary/aromatic N) is 1. The first-order chi connectivity index (χ1) is 10.9. The Bertz CT molecular complexity index is 612. The Morgan fingerprint density at radius 3 is 2.58 bits per heavy atom. The third-order valence-electron chi connectivity index (χ3n) is 3.14. The summed E-state index contributed by atoms with van der Waals surface area (Å²) in [6.07, 6.45) is -0.174. The molecule has 0 fully saturated rings. The monoisotopic (exact) mass is 391 g/mol. The van der Waals surface area contributed by atoms with Gasteiger partial charge in [0.25, 0.3) is 0 Å². The summed E-state index contributed by atoms with van der Waals surface area (Å²) in [6.45, 7) is 7.66. The highest BCUT2D eigenvalue weighted by Gasteiger charge is 2.26. The van der Waals surface area contributed by atoms with Crippen LogP contribution in [-0.2, 0) is 27.5 Å². The number of hydrogen-bond acceptors (Lipinski definition) is 4. The van der Waals surface area contributed by atoms with Crippen molar-refractivity contribution in [2.75, 3.05) is 13.6 Å². The van der Waals surface area contributed by atoms with Gasteiger partial charge in [-0.3, -0.25) is 0 Å². The van der Waals surface area contributed by atoms with Gasteiger partial charge >= 0.3 is 6.09 Å². The van der Waals surface area contributed by atoms with Gasteiger partial charge in [-0.1, -0.05) is 43.4 Å². The molecule has 0 aliphatic heterocycles. The van der Waals surface area contributed by atoms with Crippen molar-refractivity contribution < 1.29 is 18.9 Å². The molecule has 1 rings (SSSR count). The first kappa shape index (κ1) is 21.5. The van der Waals surface area contributed by atoms with Gasteiger partial charge in [0, 0.05) is 7.05 Å². The van der Waals surface area contributed by atoms with Gasteiger partial charge in [0.15, 0.2) is 0 Å². The quantitative estimate of drug-likeness (QED) is 0.559. The number of benzene rings is 1. The lowest BCUT2D eigenvalue weighted by Gasteiger charge is -2.29. The summed E-state index contributed by atoms with van der Waals surface area (Å²) in [5.41, 5.74) is -1.81. The second kappa shape index (κ2) is 8.68. The predicted octanol–water partition coefficient (Wildman–Crippen LogP) is 4.32. The van der Waals surface area contributed by atoms with Gasteiger partial charge < -0.3 is 19.1 Å². The lowest BCUT2D eigenvalue weighted by atomic mass is 10.0. The Morgan fingerprint density at radius 1 is 1.46 bits per heavy atom. The van der Waals surface area contributed by atoms with Crippen LogP contribution in [0.25, 0.3) is 0 Å². The van der Waals surface area contributed by atoms with E-state index in [0.717, 1.165) is 17.5 Å². The molecule has 1 amide bonds. The Kier molecular flexibility index (Phi) is 7.75. The molecule has 1 aromatic carbocycles. The molecule has 1 aromatic rings. The zero-order chi connectivity index (χ0) is 18.5. The van der Waals surface area contributed by atoms with Gasteiger partial charge in [-0.25, -0.2) is 4.79 Å². The van der Waals surface area contributed by atoms with Crippen molar-refractivity contribution in [1.29, 1.82) is 0 Å². The Balaban J connectivity index is 2.98. The third-order valence-corrected chi connectivity index (χ3v) is 4.21. The Labute approximate surface area is 154 Å². The van der Waals surface area contributed by atoms with Crippen molar-refractivity contribution in [2.45, 2.75) is 45.8 Å². The van der Waals surface area contributed by atoms with E-state index in [0.29, 0.717) is 0 Å². The number of amides is 1. The molecular weight excluding hydrogens is 365 g/mol. The maximum atomic E-state index is 12.2. The van der Waals surface area contributed by atoms with Gasteiger partial charge in [0.2, 0.25) is 5.69 Å². The molecule has 2 atom stereocenters. The summed E-state index contributed by atoms with van der Waals surface area (Å²) < 4.78 is 10.9. The summed E-state index contributed by atoms with van der Waals surface area (Å²) in [7, 11) is 1.62. The first-order valence-corrected chi connectivity index (χ1v) is 11.5. The molecule has 0 saturated heterocycles. The van der Waals surface area contributed by atoms with E-state index in [1.54, 1.807) is 27.8 Å². The highest BCUT2D eigenvalue weighted by molar-refractivity contribution is 8.59. The molecule has 136 valence electrons. The molecule has 0 saturated carbocycles. The zero-order valence-corrected chi connectivity index (χ0v) is 17.3. The lowest BCUT2D eigenvalue weighted by molar-refractivity contribution is 0.0228. The number of likely N-dealkylation sites (N-methyl/N-ethyl adjacent to an activating group) is 1. The molecular formula is C16H26NO4PS2. The van der Waals surface area contributed by atoms with Crippen LogP contribution in [-0.4, -0.2) is 35.1 Å². The van der Waals surface area contributed by atoms with Crippen LogP contribution in [0.3, 0.4) is 0 Å². The van der Waals surface area contributed by atoms with Gasteiger partial charge in [0.05, 0.1) is 6.54 Å². The number of rotatable bonds is 6. The summed E-state index contributed by atoms with van der Waals surface area (Å²) in [5, 5.41) is 0. The molecule has 0 aliphatic carbocycles. The van der Waals surface area contributed by atoms with Gasteiger partial charge in [-0.2, -0.15) is 0 Å². The van der Waals surface area contributed by atoms with Crippen molar-refractivity contribution in [3.63, 3.8) is 0 Å². The summed E-state index contributed by atoms with van der Waals surface area (Å²) in [5.74, 6) is 0. The molecule has 0 aliphatic rings. The van der Waals surface area contributed by atoms with Gasteiger partial charge in [-0.05, 0) is 50.1 Å². The minimum absolute atomic E-state index is 0.196. The van der Waals surface area contributed by atoms with Crippen molar-refractivity contribution in [3.05, 3.63) is 35.4 Å². The lowest BCUT2D eigenvalue weighted by Crippen LogP contribution is -2.36. The van der Waals surface area contributed by atoms with Crippen LogP contribution in [0.15, 0.2) is 24.3 Å². The molecule has 0 aromatic heterocycles. The Hall–Kier alpha value is -0.590. The molecule has 0 spiro atoms. The van der Waals surface area contributed by atoms with Crippen LogP contribution in [0.4, 0.5) is 4.79 Å². The second-order valence-electron chi connectivity index (χ2n) is 6.54. The van der Waals surface area contributed by atoms with E-state index in [2.05, 4.69) is 19.2 Å². The summed E-state index contributed by atoms with van der Waals surface area (Å²) in [4.78, 5) is 23.4. The number of ether oxygens (including phenoxy) is 1. The van der Waals surface area contributed by atoms with Crippen molar-refractivity contribution in [3.8, 4) is 0 Å². The smallest absolute Gasteiger partial charge is 0.410 e. The maximum Gasteiger partial charge on any atom is 0.410 e. The molecule has 0 heterocycles. The SMILES string of the molecule is CCc1cccc(C(CN(C)C(=O)OC(C)(C)C)OP(O)(=S)S)c1. The molecule has 2 unspecified atom stereocenters. The van der Waals surface area contributed by atoms with E-state index < -0.39 is 23.5 Å². The first-order valence-electron chi connectivity index (χ1n) is 7.68. The van der Waals surface area contributed by atoms with Crippen LogP contribution in [0.1, 0.15) is 44.9 Å². The highest BCUT2D eigenvalue weighted by atomic mass is 32.9. The summed E-state index contributed by atoms with van der Waals surface area (Å²) in [6, 6.07) is 7.78. The fraction of sp³-hybridized carbons (Fsp3) is 0.562. The fourth-order valence-electron chi connectivity index (χ4n) is 2.04. The number of carbonyl (C=O) groups excluding carboxylic acids is 1. The minimum Gasteiger partial charge on any atom is -0.444 e. The largest absolute Gasteiger partial charge is 0.444 e. The van der Waals surface area contributed by atoms with E-state index >= 15 is 0 Å². The van der Waals surface area contributed by atoms with Crippen molar-refractivity contribution in [1.82, 2.24) is 4.90 Å². The minimum atomic E-state index is -3.19. The normalized spacial score (nSPS) is 15.5. The number of aryl methyl sites for hydroxylation is 1. The van der Waals surface area contributed by atoms with Crippen LogP contribution >= 0.6 is 17.9 Å². The van der Waals surface area contributed by atoms with E-state index in [9.17, 15) is 9.69 Å². The average molecular weight is 391 g/mol. The standard InChI is InChI=1S/C16H26NO4PS2/c1-6-12-8-7-9-13(10-12)14(21-22(19,23)24)11-17(5)15(18)20-16(2,3)4/h7-10,14H,6,11H2,1-5H3,(H2,19,23,24).